The maximum atomic E-state index is 12.1. The Kier molecular flexibility index (Phi) is 6.86. The third-order valence-electron chi connectivity index (χ3n) is 2.82. The van der Waals surface area contributed by atoms with Crippen molar-refractivity contribution in [1.29, 1.82) is 0 Å². The first kappa shape index (κ1) is 17.7. The van der Waals surface area contributed by atoms with E-state index in [1.165, 1.54) is 6.92 Å². The van der Waals surface area contributed by atoms with Gasteiger partial charge in [-0.2, -0.15) is 13.2 Å². The molecule has 1 N–H and O–H groups in total. The van der Waals surface area contributed by atoms with Gasteiger partial charge in [-0.05, 0) is 26.2 Å². The van der Waals surface area contributed by atoms with Crippen molar-refractivity contribution in [1.82, 2.24) is 0 Å². The minimum absolute atomic E-state index is 0.00313. The Morgan fingerprint density at radius 1 is 1.11 bits per heavy atom. The average Bonchev–Trinajstić information content (AvgIpc) is 2.26. The van der Waals surface area contributed by atoms with Crippen LogP contribution >= 0.6 is 0 Å². The topological polar surface area (TPSA) is 63.6 Å². The molecule has 0 fully saturated rings. The van der Waals surface area contributed by atoms with Gasteiger partial charge in [-0.1, -0.05) is 13.3 Å². The van der Waals surface area contributed by atoms with Crippen molar-refractivity contribution >= 4 is 11.9 Å². The molecule has 1 unspecified atom stereocenters. The smallest absolute Gasteiger partial charge is 0.389 e. The summed E-state index contributed by atoms with van der Waals surface area (Å²) in [5.41, 5.74) is -1.87. The fourth-order valence-electron chi connectivity index (χ4n) is 1.92. The standard InChI is InChI=1S/C12H19F3O4/c1-3-6-11(9(16)17,10(18)19-4-2)7-5-8-12(13,14)15/h3-8H2,1-2H3,(H,16,17). The first-order chi connectivity index (χ1) is 8.69. The maximum Gasteiger partial charge on any atom is 0.389 e. The van der Waals surface area contributed by atoms with E-state index >= 15 is 0 Å². The lowest BCUT2D eigenvalue weighted by Gasteiger charge is -2.26. The van der Waals surface area contributed by atoms with Gasteiger partial charge in [0.25, 0.3) is 0 Å². The van der Waals surface area contributed by atoms with Crippen molar-refractivity contribution in [3.8, 4) is 0 Å². The number of carboxylic acids is 1. The maximum absolute atomic E-state index is 12.1. The number of halogens is 3. The van der Waals surface area contributed by atoms with E-state index in [9.17, 15) is 27.9 Å². The number of hydrogen-bond acceptors (Lipinski definition) is 3. The van der Waals surface area contributed by atoms with Crippen LogP contribution in [0.2, 0.25) is 0 Å². The highest BCUT2D eigenvalue weighted by Crippen LogP contribution is 2.35. The van der Waals surface area contributed by atoms with E-state index in [1.54, 1.807) is 6.92 Å². The second-order valence-electron chi connectivity index (χ2n) is 4.33. The minimum atomic E-state index is -4.36. The third kappa shape index (κ3) is 5.48. The summed E-state index contributed by atoms with van der Waals surface area (Å²) in [5, 5.41) is 9.20. The molecule has 1 atom stereocenters. The van der Waals surface area contributed by atoms with Crippen LogP contribution in [0.25, 0.3) is 0 Å². The van der Waals surface area contributed by atoms with Crippen molar-refractivity contribution in [3.05, 3.63) is 0 Å². The number of carbonyl (C=O) groups is 2. The van der Waals surface area contributed by atoms with Gasteiger partial charge in [0.2, 0.25) is 0 Å². The number of carboxylic acid groups (broad SMARTS) is 1. The lowest BCUT2D eigenvalue weighted by atomic mass is 9.78. The van der Waals surface area contributed by atoms with E-state index in [2.05, 4.69) is 0 Å². The SMILES string of the molecule is CCCC(CCCC(F)(F)F)(C(=O)O)C(=O)OCC. The predicted molar refractivity (Wildman–Crippen MR) is 61.5 cm³/mol. The number of aliphatic carboxylic acids is 1. The Hall–Kier alpha value is -1.27. The van der Waals surface area contributed by atoms with E-state index in [1.807, 2.05) is 0 Å². The van der Waals surface area contributed by atoms with Crippen molar-refractivity contribution in [2.75, 3.05) is 6.61 Å². The summed E-state index contributed by atoms with van der Waals surface area (Å²) in [4.78, 5) is 23.1. The number of esters is 1. The van der Waals surface area contributed by atoms with E-state index in [0.717, 1.165) is 0 Å². The van der Waals surface area contributed by atoms with E-state index in [-0.39, 0.29) is 19.4 Å². The van der Waals surface area contributed by atoms with Crippen LogP contribution in [0.15, 0.2) is 0 Å². The number of alkyl halides is 3. The van der Waals surface area contributed by atoms with Crippen LogP contribution in [0.4, 0.5) is 13.2 Å². The first-order valence-electron chi connectivity index (χ1n) is 6.17. The Morgan fingerprint density at radius 2 is 1.68 bits per heavy atom. The van der Waals surface area contributed by atoms with Gasteiger partial charge in [-0.3, -0.25) is 9.59 Å². The lowest BCUT2D eigenvalue weighted by molar-refractivity contribution is -0.172. The number of ether oxygens (including phenoxy) is 1. The number of hydrogen-bond donors (Lipinski definition) is 1. The molecule has 0 rings (SSSR count). The zero-order chi connectivity index (χ0) is 15.1. The predicted octanol–water partition coefficient (Wildman–Crippen LogP) is 3.15. The molecule has 0 bridgehead atoms. The first-order valence-corrected chi connectivity index (χ1v) is 6.17. The van der Waals surface area contributed by atoms with Crippen molar-refractivity contribution in [3.63, 3.8) is 0 Å². The van der Waals surface area contributed by atoms with Crippen LogP contribution in [-0.2, 0) is 14.3 Å². The van der Waals surface area contributed by atoms with E-state index in [4.69, 9.17) is 4.74 Å². The largest absolute Gasteiger partial charge is 0.480 e. The van der Waals surface area contributed by atoms with E-state index < -0.39 is 36.4 Å². The molecule has 4 nitrogen and oxygen atoms in total. The second kappa shape index (κ2) is 7.35. The summed E-state index contributed by atoms with van der Waals surface area (Å²) in [6.07, 6.45) is -5.89. The van der Waals surface area contributed by atoms with Crippen LogP contribution in [0, 0.1) is 5.41 Å². The summed E-state index contributed by atoms with van der Waals surface area (Å²) in [7, 11) is 0. The van der Waals surface area contributed by atoms with Crippen molar-refractivity contribution in [2.45, 2.75) is 52.1 Å². The molecule has 0 amide bonds. The van der Waals surface area contributed by atoms with Crippen LogP contribution in [0.3, 0.4) is 0 Å². The van der Waals surface area contributed by atoms with Gasteiger partial charge >= 0.3 is 18.1 Å². The van der Waals surface area contributed by atoms with Gasteiger partial charge < -0.3 is 9.84 Å². The van der Waals surface area contributed by atoms with Crippen LogP contribution in [0.5, 0.6) is 0 Å². The Balaban J connectivity index is 4.92. The normalized spacial score (nSPS) is 14.8. The Labute approximate surface area is 109 Å². The molecule has 0 aliphatic carbocycles. The molecule has 0 aromatic heterocycles. The number of carbonyl (C=O) groups excluding carboxylic acids is 1. The van der Waals surface area contributed by atoms with Crippen LogP contribution in [0.1, 0.15) is 46.0 Å². The highest BCUT2D eigenvalue weighted by molar-refractivity contribution is 5.99. The lowest BCUT2D eigenvalue weighted by Crippen LogP contribution is -2.41. The van der Waals surface area contributed by atoms with Crippen LogP contribution in [-0.4, -0.2) is 29.8 Å². The molecule has 0 aromatic carbocycles. The molecular weight excluding hydrogens is 265 g/mol. The van der Waals surface area contributed by atoms with E-state index in [0.29, 0.717) is 6.42 Å². The molecule has 0 aromatic rings. The van der Waals surface area contributed by atoms with Crippen molar-refractivity contribution < 1.29 is 32.6 Å². The monoisotopic (exact) mass is 284 g/mol. The molecule has 19 heavy (non-hydrogen) atoms. The minimum Gasteiger partial charge on any atom is -0.480 e. The summed E-state index contributed by atoms with van der Waals surface area (Å²) in [5.74, 6) is -2.37. The Bertz CT molecular complexity index is 315. The highest BCUT2D eigenvalue weighted by Gasteiger charge is 2.47. The van der Waals surface area contributed by atoms with Gasteiger partial charge in [0.15, 0.2) is 5.41 Å². The van der Waals surface area contributed by atoms with Gasteiger partial charge in [0.1, 0.15) is 0 Å². The second-order valence-corrected chi connectivity index (χ2v) is 4.33. The fourth-order valence-corrected chi connectivity index (χ4v) is 1.92. The van der Waals surface area contributed by atoms with Gasteiger partial charge in [0, 0.05) is 6.42 Å². The van der Waals surface area contributed by atoms with Gasteiger partial charge in [0.05, 0.1) is 6.61 Å². The Morgan fingerprint density at radius 3 is 2.05 bits per heavy atom. The molecule has 0 radical (unpaired) electrons. The highest BCUT2D eigenvalue weighted by atomic mass is 19.4. The number of rotatable bonds is 8. The molecule has 0 spiro atoms. The van der Waals surface area contributed by atoms with Gasteiger partial charge in [-0.15, -0.1) is 0 Å². The average molecular weight is 284 g/mol. The molecule has 112 valence electrons. The quantitative estimate of drug-likeness (QED) is 0.549. The molecular formula is C12H19F3O4. The summed E-state index contributed by atoms with van der Waals surface area (Å²) < 4.78 is 41.0. The molecule has 0 aliphatic heterocycles. The summed E-state index contributed by atoms with van der Waals surface area (Å²) >= 11 is 0. The van der Waals surface area contributed by atoms with Crippen molar-refractivity contribution in [2.24, 2.45) is 5.41 Å². The zero-order valence-corrected chi connectivity index (χ0v) is 11.0. The molecule has 0 aliphatic rings. The molecule has 7 heteroatoms. The third-order valence-corrected chi connectivity index (χ3v) is 2.82. The fraction of sp³-hybridized carbons (Fsp3) is 0.833. The van der Waals surface area contributed by atoms with Gasteiger partial charge in [-0.25, -0.2) is 0 Å². The molecule has 0 saturated heterocycles. The van der Waals surface area contributed by atoms with Crippen LogP contribution < -0.4 is 0 Å². The summed E-state index contributed by atoms with van der Waals surface area (Å²) in [6.45, 7) is 3.18. The molecule has 0 saturated carbocycles. The summed E-state index contributed by atoms with van der Waals surface area (Å²) in [6, 6.07) is 0. The molecule has 0 heterocycles. The zero-order valence-electron chi connectivity index (χ0n) is 11.0.